The minimum Gasteiger partial charge on any atom is -0.361 e. The quantitative estimate of drug-likeness (QED) is 0.538. The molecule has 0 bridgehead atoms. The van der Waals surface area contributed by atoms with E-state index in [1.807, 2.05) is 11.4 Å². The Hall–Kier alpha value is -4.02. The van der Waals surface area contributed by atoms with E-state index >= 15 is 0 Å². The van der Waals surface area contributed by atoms with Crippen molar-refractivity contribution in [3.05, 3.63) is 41.6 Å². The van der Waals surface area contributed by atoms with E-state index in [1.165, 1.54) is 6.07 Å². The molecule has 2 aliphatic rings. The third kappa shape index (κ3) is 3.65. The third-order valence-electron chi connectivity index (χ3n) is 5.61. The lowest BCUT2D eigenvalue weighted by Crippen LogP contribution is -2.31. The lowest BCUT2D eigenvalue weighted by molar-refractivity contribution is -0.117. The molecule has 1 aliphatic heterocycles. The summed E-state index contributed by atoms with van der Waals surface area (Å²) in [5, 5.41) is 20.0. The van der Waals surface area contributed by atoms with E-state index in [2.05, 4.69) is 30.9 Å². The lowest BCUT2D eigenvalue weighted by atomic mass is 10.1. The molecule has 2 amide bonds. The van der Waals surface area contributed by atoms with Gasteiger partial charge in [-0.05, 0) is 38.8 Å². The summed E-state index contributed by atoms with van der Waals surface area (Å²) in [7, 11) is 1.73. The van der Waals surface area contributed by atoms with Gasteiger partial charge in [0.1, 0.15) is 5.82 Å². The van der Waals surface area contributed by atoms with E-state index in [1.54, 1.807) is 35.7 Å². The number of aryl methyl sites for hydroxylation is 1. The number of nitrogens with zero attached hydrogens (tertiary/aromatic N) is 6. The second-order valence-electron chi connectivity index (χ2n) is 7.99. The van der Waals surface area contributed by atoms with Crippen molar-refractivity contribution in [1.29, 1.82) is 0 Å². The summed E-state index contributed by atoms with van der Waals surface area (Å²) in [6, 6.07) is 5.95. The number of hydrogen-bond donors (Lipinski definition) is 3. The third-order valence-corrected chi connectivity index (χ3v) is 5.61. The smallest absolute Gasteiger partial charge is 0.273 e. The molecule has 2 aromatic heterocycles. The first kappa shape index (κ1) is 15.7. The van der Waals surface area contributed by atoms with Gasteiger partial charge in [0.05, 0.1) is 28.8 Å². The van der Waals surface area contributed by atoms with E-state index in [-0.39, 0.29) is 29.0 Å². The zero-order chi connectivity index (χ0) is 27.4. The number of amides is 2. The number of nitrogens with one attached hydrogen (secondary N) is 3. The van der Waals surface area contributed by atoms with Crippen LogP contribution in [0.1, 0.15) is 54.8 Å². The molecule has 0 radical (unpaired) electrons. The fourth-order valence-corrected chi connectivity index (χ4v) is 3.78. The lowest BCUT2D eigenvalue weighted by Gasteiger charge is -2.34. The van der Waals surface area contributed by atoms with E-state index in [4.69, 9.17) is 6.85 Å². The number of fused-ring (bicyclic) bond motifs is 3. The molecule has 1 unspecified atom stereocenters. The number of carbonyl (C=O) groups is 2. The normalized spacial score (nSPS) is 19.3. The minimum absolute atomic E-state index is 0.0948. The molecule has 3 aromatic rings. The van der Waals surface area contributed by atoms with Gasteiger partial charge in [-0.25, -0.2) is 9.67 Å². The molecular weight excluding hydrogens is 422 g/mol. The molecule has 1 saturated carbocycles. The van der Waals surface area contributed by atoms with Gasteiger partial charge in [0.15, 0.2) is 17.3 Å². The molecule has 0 saturated heterocycles. The first-order chi connectivity index (χ1) is 17.9. The maximum atomic E-state index is 12.8. The monoisotopic (exact) mass is 452 g/mol. The van der Waals surface area contributed by atoms with Crippen LogP contribution in [-0.4, -0.2) is 50.8 Å². The molecule has 3 heterocycles. The number of benzene rings is 1. The Balaban J connectivity index is 1.58. The summed E-state index contributed by atoms with van der Waals surface area (Å²) in [5.74, 6) is -0.251. The maximum Gasteiger partial charge on any atom is 0.273 e. The summed E-state index contributed by atoms with van der Waals surface area (Å²) in [6.07, 6.45) is 1.56. The van der Waals surface area contributed by atoms with Crippen molar-refractivity contribution in [3.8, 4) is 5.69 Å². The molecule has 5 rings (SSSR count). The average molecular weight is 453 g/mol. The maximum absolute atomic E-state index is 12.8. The largest absolute Gasteiger partial charge is 0.361 e. The highest BCUT2D eigenvalue weighted by Gasteiger charge is 2.32. The summed E-state index contributed by atoms with van der Waals surface area (Å²) in [4.78, 5) is 31.3. The molecular formula is C22H25N9O2. The molecule has 0 spiro atoms. The Morgan fingerprint density at radius 1 is 1.21 bits per heavy atom. The van der Waals surface area contributed by atoms with Crippen molar-refractivity contribution in [3.63, 3.8) is 0 Å². The predicted octanol–water partition coefficient (Wildman–Crippen LogP) is 2.33. The number of hydrogen-bond acceptors (Lipinski definition) is 8. The van der Waals surface area contributed by atoms with Gasteiger partial charge in [-0.3, -0.25) is 9.59 Å². The van der Waals surface area contributed by atoms with Crippen LogP contribution >= 0.6 is 0 Å². The van der Waals surface area contributed by atoms with Crippen molar-refractivity contribution in [1.82, 2.24) is 30.3 Å². The average Bonchev–Trinajstić information content (AvgIpc) is 3.60. The molecule has 1 fully saturated rings. The molecule has 3 N–H and O–H groups in total. The highest BCUT2D eigenvalue weighted by Crippen LogP contribution is 2.42. The van der Waals surface area contributed by atoms with Crippen LogP contribution in [0, 0.1) is 12.8 Å². The highest BCUT2D eigenvalue weighted by atomic mass is 16.2. The van der Waals surface area contributed by atoms with Crippen molar-refractivity contribution in [2.24, 2.45) is 5.92 Å². The predicted molar refractivity (Wildman–Crippen MR) is 123 cm³/mol. The van der Waals surface area contributed by atoms with Crippen LogP contribution < -0.4 is 20.9 Å². The van der Waals surface area contributed by atoms with Crippen LogP contribution in [0.5, 0.6) is 0 Å². The summed E-state index contributed by atoms with van der Waals surface area (Å²) in [6.45, 7) is -2.33. The van der Waals surface area contributed by atoms with Crippen molar-refractivity contribution < 1.29 is 16.4 Å². The van der Waals surface area contributed by atoms with E-state index in [0.717, 1.165) is 12.8 Å². The van der Waals surface area contributed by atoms with Crippen molar-refractivity contribution in [2.75, 3.05) is 29.6 Å². The van der Waals surface area contributed by atoms with Gasteiger partial charge in [-0.2, -0.15) is 5.10 Å². The van der Waals surface area contributed by atoms with E-state index < -0.39 is 25.8 Å². The van der Waals surface area contributed by atoms with Gasteiger partial charge in [-0.1, -0.05) is 6.07 Å². The van der Waals surface area contributed by atoms with Crippen molar-refractivity contribution >= 4 is 34.7 Å². The van der Waals surface area contributed by atoms with Gasteiger partial charge >= 0.3 is 0 Å². The van der Waals surface area contributed by atoms with E-state index in [9.17, 15) is 9.59 Å². The topological polar surface area (TPSA) is 130 Å². The van der Waals surface area contributed by atoms with Gasteiger partial charge in [-0.15, -0.1) is 10.2 Å². The molecule has 1 aromatic carbocycles. The van der Waals surface area contributed by atoms with Crippen LogP contribution in [-0.2, 0) is 4.79 Å². The first-order valence-corrected chi connectivity index (χ1v) is 10.4. The van der Waals surface area contributed by atoms with E-state index in [0.29, 0.717) is 28.7 Å². The number of para-hydroxylation sites is 1. The van der Waals surface area contributed by atoms with Crippen molar-refractivity contribution in [2.45, 2.75) is 32.7 Å². The summed E-state index contributed by atoms with van der Waals surface area (Å²) < 4.78 is 40.1. The van der Waals surface area contributed by atoms with Gasteiger partial charge in [0.2, 0.25) is 5.91 Å². The zero-order valence-corrected chi connectivity index (χ0v) is 18.0. The van der Waals surface area contributed by atoms with Crippen LogP contribution in [0.25, 0.3) is 5.69 Å². The Morgan fingerprint density at radius 2 is 2.06 bits per heavy atom. The number of aromatic nitrogens is 5. The Morgan fingerprint density at radius 3 is 2.82 bits per heavy atom. The molecule has 11 nitrogen and oxygen atoms in total. The summed E-state index contributed by atoms with van der Waals surface area (Å²) >= 11 is 0. The number of rotatable bonds is 5. The Kier molecular flexibility index (Phi) is 3.74. The van der Waals surface area contributed by atoms with Crippen LogP contribution in [0.2, 0.25) is 0 Å². The second kappa shape index (κ2) is 7.84. The minimum atomic E-state index is -2.76. The zero-order valence-electron chi connectivity index (χ0n) is 23.0. The first-order valence-electron chi connectivity index (χ1n) is 13.0. The van der Waals surface area contributed by atoms with Gasteiger partial charge in [0.25, 0.3) is 5.91 Å². The molecule has 33 heavy (non-hydrogen) atoms. The standard InChI is InChI=1S/C22H25N9O2/c1-11-20-24-12(2)29-31(20)16-7-5-6-14(19(16)30(11)4)25-15-10-17(26-21(32)13-8-9-13)27-28-18(15)22(33)23-3/h5-7,10-11,13H,8-9H2,1-4H3,(H,23,33)(H2,25,26,27,32)/i1D2,3D3. The molecule has 11 heteroatoms. The number of anilines is 4. The number of carbonyl (C=O) groups excluding carboxylic acids is 2. The molecule has 170 valence electrons. The summed E-state index contributed by atoms with van der Waals surface area (Å²) in [5.41, 5.74) is 1.46. The highest BCUT2D eigenvalue weighted by molar-refractivity contribution is 6.00. The fourth-order valence-electron chi connectivity index (χ4n) is 3.78. The van der Waals surface area contributed by atoms with Crippen LogP contribution in [0.3, 0.4) is 0 Å². The van der Waals surface area contributed by atoms with Gasteiger partial charge < -0.3 is 20.9 Å². The van der Waals surface area contributed by atoms with Crippen LogP contribution in [0.15, 0.2) is 24.3 Å². The fraction of sp³-hybridized carbons (Fsp3) is 0.364. The molecule has 1 atom stereocenters. The van der Waals surface area contributed by atoms with Crippen LogP contribution in [0.4, 0.5) is 22.9 Å². The Labute approximate surface area is 197 Å². The van der Waals surface area contributed by atoms with Gasteiger partial charge in [0, 0.05) is 32.9 Å². The molecule has 1 aliphatic carbocycles. The SMILES string of the molecule is [2H]C([2H])C1c2nc(C)nn2-c2cccc(Nc3cc(NC(=O)C4CC4)nnc3C(=O)NC([2H])([2H])[2H])c2N1C. The Bertz CT molecular complexity index is 1420. The second-order valence-corrected chi connectivity index (χ2v) is 7.99.